The number of carbonyl (C=O) groups is 1. The Kier molecular flexibility index (Phi) is 5.12. The highest BCUT2D eigenvalue weighted by molar-refractivity contribution is 7.98. The molecule has 4 aromatic rings. The number of hydrogen-bond donors (Lipinski definition) is 1. The first-order chi connectivity index (χ1) is 13.6. The van der Waals surface area contributed by atoms with Crippen molar-refractivity contribution in [2.24, 2.45) is 0 Å². The van der Waals surface area contributed by atoms with Crippen molar-refractivity contribution < 1.29 is 13.6 Å². The highest BCUT2D eigenvalue weighted by Crippen LogP contribution is 2.27. The first kappa shape index (κ1) is 18.3. The fraction of sp³-hybridized carbons (Fsp3) is 0.0909. The molecule has 0 aliphatic carbocycles. The largest absolute Gasteiger partial charge is 0.431 e. The summed E-state index contributed by atoms with van der Waals surface area (Å²) in [7, 11) is 0. The number of halogens is 1. The minimum absolute atomic E-state index is 0.275. The van der Waals surface area contributed by atoms with E-state index < -0.39 is 0 Å². The average molecular weight is 392 g/mol. The van der Waals surface area contributed by atoms with Crippen LogP contribution in [-0.4, -0.2) is 10.9 Å². The van der Waals surface area contributed by atoms with Crippen LogP contribution in [-0.2, 0) is 5.75 Å². The predicted octanol–water partition coefficient (Wildman–Crippen LogP) is 5.82. The third-order valence-corrected chi connectivity index (χ3v) is 5.21. The topological polar surface area (TPSA) is 55.1 Å². The maximum absolute atomic E-state index is 13.5. The number of para-hydroxylation sites is 2. The minimum atomic E-state index is -0.388. The molecule has 0 fully saturated rings. The second-order valence-corrected chi connectivity index (χ2v) is 7.23. The van der Waals surface area contributed by atoms with Crippen LogP contribution in [0.5, 0.6) is 0 Å². The number of hydrogen-bond acceptors (Lipinski definition) is 4. The minimum Gasteiger partial charge on any atom is -0.431 e. The smallest absolute Gasteiger partial charge is 0.257 e. The van der Waals surface area contributed by atoms with E-state index in [0.29, 0.717) is 22.2 Å². The van der Waals surface area contributed by atoms with Gasteiger partial charge >= 0.3 is 0 Å². The van der Waals surface area contributed by atoms with Crippen molar-refractivity contribution >= 4 is 34.5 Å². The summed E-state index contributed by atoms with van der Waals surface area (Å²) in [6.07, 6.45) is 0. The molecule has 0 saturated carbocycles. The summed E-state index contributed by atoms with van der Waals surface area (Å²) in [6.45, 7) is 1.82. The number of rotatable bonds is 5. The van der Waals surface area contributed by atoms with Crippen molar-refractivity contribution in [1.82, 2.24) is 4.98 Å². The van der Waals surface area contributed by atoms with Gasteiger partial charge < -0.3 is 9.73 Å². The van der Waals surface area contributed by atoms with Crippen molar-refractivity contribution in [3.63, 3.8) is 0 Å². The summed E-state index contributed by atoms with van der Waals surface area (Å²) in [5, 5.41) is 3.35. The predicted molar refractivity (Wildman–Crippen MR) is 109 cm³/mol. The summed E-state index contributed by atoms with van der Waals surface area (Å²) in [4.78, 5) is 17.2. The number of nitrogens with one attached hydrogen (secondary N) is 1. The lowest BCUT2D eigenvalue weighted by Crippen LogP contribution is -2.15. The standard InChI is InChI=1S/C22H17FN2O2S/c1-14-10-11-16(23)12-19(14)24-21(26)17-7-3-2-6-15(17)13-28-22-25-18-8-4-5-9-20(18)27-22/h2-12H,13H2,1H3,(H,24,26). The van der Waals surface area contributed by atoms with Gasteiger partial charge in [-0.05, 0) is 48.4 Å². The molecule has 0 aliphatic heterocycles. The second-order valence-electron chi connectivity index (χ2n) is 6.31. The van der Waals surface area contributed by atoms with E-state index >= 15 is 0 Å². The van der Waals surface area contributed by atoms with Crippen LogP contribution in [0, 0.1) is 12.7 Å². The Bertz CT molecular complexity index is 1120. The molecule has 6 heteroatoms. The molecular formula is C22H17FN2O2S. The molecule has 0 unspecified atom stereocenters. The van der Waals surface area contributed by atoms with Crippen molar-refractivity contribution in [1.29, 1.82) is 0 Å². The monoisotopic (exact) mass is 392 g/mol. The number of fused-ring (bicyclic) bond motifs is 1. The van der Waals surface area contributed by atoms with Crippen LogP contribution >= 0.6 is 11.8 Å². The van der Waals surface area contributed by atoms with Crippen molar-refractivity contribution in [3.05, 3.63) is 89.2 Å². The number of oxazole rings is 1. The molecule has 0 saturated heterocycles. The number of aryl methyl sites for hydroxylation is 1. The Morgan fingerprint density at radius 3 is 2.75 bits per heavy atom. The molecule has 140 valence electrons. The van der Waals surface area contributed by atoms with Crippen molar-refractivity contribution in [3.8, 4) is 0 Å². The van der Waals surface area contributed by atoms with E-state index in [1.807, 2.05) is 43.3 Å². The number of benzene rings is 3. The number of thioether (sulfide) groups is 1. The fourth-order valence-corrected chi connectivity index (χ4v) is 3.68. The van der Waals surface area contributed by atoms with E-state index in [1.54, 1.807) is 18.2 Å². The Morgan fingerprint density at radius 2 is 1.89 bits per heavy atom. The van der Waals surface area contributed by atoms with Gasteiger partial charge in [-0.25, -0.2) is 9.37 Å². The lowest BCUT2D eigenvalue weighted by atomic mass is 10.1. The normalized spacial score (nSPS) is 10.9. The van der Waals surface area contributed by atoms with Gasteiger partial charge in [0.25, 0.3) is 11.1 Å². The van der Waals surface area contributed by atoms with Gasteiger partial charge in [-0.2, -0.15) is 0 Å². The van der Waals surface area contributed by atoms with Crippen molar-refractivity contribution in [2.75, 3.05) is 5.32 Å². The Hall–Kier alpha value is -3.12. The van der Waals surface area contributed by atoms with Crippen molar-refractivity contribution in [2.45, 2.75) is 17.9 Å². The van der Waals surface area contributed by atoms with Gasteiger partial charge in [0.1, 0.15) is 11.3 Å². The summed E-state index contributed by atoms with van der Waals surface area (Å²) in [6, 6.07) is 19.2. The SMILES string of the molecule is Cc1ccc(F)cc1NC(=O)c1ccccc1CSc1nc2ccccc2o1. The molecule has 0 spiro atoms. The van der Waals surface area contributed by atoms with E-state index in [4.69, 9.17) is 4.42 Å². The van der Waals surface area contributed by atoms with Gasteiger partial charge in [0.2, 0.25) is 0 Å². The van der Waals surface area contributed by atoms with Gasteiger partial charge in [-0.3, -0.25) is 4.79 Å². The molecule has 28 heavy (non-hydrogen) atoms. The quantitative estimate of drug-likeness (QED) is 0.435. The second kappa shape index (κ2) is 7.86. The van der Waals surface area contributed by atoms with Gasteiger partial charge in [-0.1, -0.05) is 48.2 Å². The van der Waals surface area contributed by atoms with E-state index in [-0.39, 0.29) is 11.7 Å². The Labute approximate surface area is 165 Å². The lowest BCUT2D eigenvalue weighted by molar-refractivity contribution is 0.102. The van der Waals surface area contributed by atoms with Gasteiger partial charge in [0.05, 0.1) is 0 Å². The highest BCUT2D eigenvalue weighted by Gasteiger charge is 2.14. The van der Waals surface area contributed by atoms with Crippen LogP contribution in [0.15, 0.2) is 76.4 Å². The average Bonchev–Trinajstić information content (AvgIpc) is 3.12. The van der Waals surface area contributed by atoms with Crippen LogP contribution in [0.25, 0.3) is 11.1 Å². The fourth-order valence-electron chi connectivity index (χ4n) is 2.84. The van der Waals surface area contributed by atoms with Gasteiger partial charge in [-0.15, -0.1) is 0 Å². The van der Waals surface area contributed by atoms with Gasteiger partial charge in [0, 0.05) is 17.0 Å². The number of amides is 1. The Balaban J connectivity index is 1.52. The zero-order valence-corrected chi connectivity index (χ0v) is 15.9. The lowest BCUT2D eigenvalue weighted by Gasteiger charge is -2.11. The first-order valence-corrected chi connectivity index (χ1v) is 9.72. The number of nitrogens with zero attached hydrogens (tertiary/aromatic N) is 1. The van der Waals surface area contributed by atoms with Crippen LogP contribution in [0.3, 0.4) is 0 Å². The maximum atomic E-state index is 13.5. The highest BCUT2D eigenvalue weighted by atomic mass is 32.2. The van der Waals surface area contributed by atoms with E-state index in [1.165, 1.54) is 23.9 Å². The summed E-state index contributed by atoms with van der Waals surface area (Å²) >= 11 is 1.42. The van der Waals surface area contributed by atoms with Crippen LogP contribution in [0.2, 0.25) is 0 Å². The summed E-state index contributed by atoms with van der Waals surface area (Å²) in [5.41, 5.74) is 4.19. The molecule has 1 aromatic heterocycles. The third-order valence-electron chi connectivity index (χ3n) is 4.34. The zero-order valence-electron chi connectivity index (χ0n) is 15.1. The van der Waals surface area contributed by atoms with E-state index in [0.717, 1.165) is 22.2 Å². The van der Waals surface area contributed by atoms with E-state index in [2.05, 4.69) is 10.3 Å². The van der Waals surface area contributed by atoms with Gasteiger partial charge in [0.15, 0.2) is 5.58 Å². The molecule has 4 rings (SSSR count). The molecule has 3 aromatic carbocycles. The maximum Gasteiger partial charge on any atom is 0.257 e. The molecular weight excluding hydrogens is 375 g/mol. The molecule has 0 radical (unpaired) electrons. The molecule has 0 bridgehead atoms. The number of anilines is 1. The third kappa shape index (κ3) is 3.92. The van der Waals surface area contributed by atoms with Crippen LogP contribution < -0.4 is 5.32 Å². The molecule has 1 heterocycles. The number of aromatic nitrogens is 1. The van der Waals surface area contributed by atoms with E-state index in [9.17, 15) is 9.18 Å². The number of carbonyl (C=O) groups excluding carboxylic acids is 1. The van der Waals surface area contributed by atoms with Crippen LogP contribution in [0.1, 0.15) is 21.5 Å². The molecule has 0 atom stereocenters. The molecule has 0 aliphatic rings. The summed E-state index contributed by atoms with van der Waals surface area (Å²) in [5.74, 6) is -0.137. The first-order valence-electron chi connectivity index (χ1n) is 8.74. The Morgan fingerprint density at radius 1 is 1.11 bits per heavy atom. The van der Waals surface area contributed by atoms with Crippen LogP contribution in [0.4, 0.5) is 10.1 Å². The summed E-state index contributed by atoms with van der Waals surface area (Å²) < 4.78 is 19.2. The zero-order chi connectivity index (χ0) is 19.5. The molecule has 1 N–H and O–H groups in total. The molecule has 4 nitrogen and oxygen atoms in total. The molecule has 1 amide bonds.